The molecule has 1 rings (SSSR count). The van der Waals surface area contributed by atoms with E-state index in [1.807, 2.05) is 11.8 Å². The van der Waals surface area contributed by atoms with Gasteiger partial charge in [0.25, 0.3) is 5.91 Å². The van der Waals surface area contributed by atoms with E-state index in [0.717, 1.165) is 24.3 Å². The van der Waals surface area contributed by atoms with Crippen LogP contribution in [0.2, 0.25) is 0 Å². The van der Waals surface area contributed by atoms with E-state index in [0.29, 0.717) is 5.56 Å². The van der Waals surface area contributed by atoms with Gasteiger partial charge in [-0.05, 0) is 30.9 Å². The molecular weight excluding hydrogens is 278 g/mol. The standard InChI is InChI=1S/C14H19NO2S2/c1-18-9-4-2-3-7-15-14(17)12-10-13(19-11-12)6-5-8-16/h10-11,16H,2-4,7-9H2,1H3,(H,15,17). The van der Waals surface area contributed by atoms with Gasteiger partial charge in [0, 0.05) is 11.9 Å². The van der Waals surface area contributed by atoms with Crippen molar-refractivity contribution in [3.05, 3.63) is 21.9 Å². The van der Waals surface area contributed by atoms with Crippen LogP contribution in [0.25, 0.3) is 0 Å². The Kier molecular flexibility index (Phi) is 8.39. The van der Waals surface area contributed by atoms with Crippen molar-refractivity contribution in [2.75, 3.05) is 25.2 Å². The Hall–Kier alpha value is -0.960. The molecule has 0 radical (unpaired) electrons. The van der Waals surface area contributed by atoms with Crippen LogP contribution in [0.1, 0.15) is 34.5 Å². The van der Waals surface area contributed by atoms with Crippen LogP contribution in [0.4, 0.5) is 0 Å². The first-order chi connectivity index (χ1) is 9.27. The fraction of sp³-hybridized carbons (Fsp3) is 0.500. The Morgan fingerprint density at radius 2 is 2.32 bits per heavy atom. The molecule has 0 saturated carbocycles. The zero-order valence-corrected chi connectivity index (χ0v) is 12.7. The number of hydrogen-bond donors (Lipinski definition) is 2. The first-order valence-electron chi connectivity index (χ1n) is 6.23. The highest BCUT2D eigenvalue weighted by Gasteiger charge is 2.06. The first kappa shape index (κ1) is 16.1. The van der Waals surface area contributed by atoms with Crippen molar-refractivity contribution in [2.45, 2.75) is 19.3 Å². The lowest BCUT2D eigenvalue weighted by atomic mass is 10.2. The molecule has 0 aliphatic rings. The number of aliphatic hydroxyl groups excluding tert-OH is 1. The van der Waals surface area contributed by atoms with Gasteiger partial charge in [-0.25, -0.2) is 0 Å². The molecule has 0 aliphatic carbocycles. The average molecular weight is 297 g/mol. The summed E-state index contributed by atoms with van der Waals surface area (Å²) in [5.74, 6) is 6.51. The van der Waals surface area contributed by atoms with Crippen LogP contribution in [0, 0.1) is 11.8 Å². The summed E-state index contributed by atoms with van der Waals surface area (Å²) in [6, 6.07) is 1.76. The monoisotopic (exact) mass is 297 g/mol. The van der Waals surface area contributed by atoms with E-state index in [9.17, 15) is 4.79 Å². The minimum absolute atomic E-state index is 0.0434. The second-order valence-electron chi connectivity index (χ2n) is 3.97. The van der Waals surface area contributed by atoms with E-state index >= 15 is 0 Å². The third-order valence-electron chi connectivity index (χ3n) is 2.46. The van der Waals surface area contributed by atoms with Gasteiger partial charge in [-0.1, -0.05) is 18.3 Å². The van der Waals surface area contributed by atoms with Crippen molar-refractivity contribution in [1.82, 2.24) is 5.32 Å². The molecule has 0 fully saturated rings. The van der Waals surface area contributed by atoms with Gasteiger partial charge in [-0.2, -0.15) is 11.8 Å². The number of nitrogens with one attached hydrogen (secondary N) is 1. The minimum atomic E-state index is -0.157. The Morgan fingerprint density at radius 1 is 1.47 bits per heavy atom. The van der Waals surface area contributed by atoms with Crippen molar-refractivity contribution in [3.63, 3.8) is 0 Å². The largest absolute Gasteiger partial charge is 0.384 e. The summed E-state index contributed by atoms with van der Waals surface area (Å²) in [6.45, 7) is 0.566. The minimum Gasteiger partial charge on any atom is -0.384 e. The lowest BCUT2D eigenvalue weighted by Crippen LogP contribution is -2.23. The molecule has 0 aromatic carbocycles. The van der Waals surface area contributed by atoms with Crippen LogP contribution in [0.15, 0.2) is 11.4 Å². The number of thiophene rings is 1. The van der Waals surface area contributed by atoms with E-state index in [1.54, 1.807) is 11.4 Å². The fourth-order valence-electron chi connectivity index (χ4n) is 1.50. The number of unbranched alkanes of at least 4 members (excludes halogenated alkanes) is 2. The molecule has 0 atom stereocenters. The summed E-state index contributed by atoms with van der Waals surface area (Å²) in [5, 5.41) is 13.3. The van der Waals surface area contributed by atoms with Gasteiger partial charge in [-0.3, -0.25) is 4.79 Å². The Balaban J connectivity index is 2.27. The Labute approximate surface area is 122 Å². The van der Waals surface area contributed by atoms with Gasteiger partial charge >= 0.3 is 0 Å². The molecule has 1 aromatic rings. The molecule has 0 unspecified atom stereocenters. The third kappa shape index (κ3) is 6.67. The molecule has 1 heterocycles. The van der Waals surface area contributed by atoms with Crippen molar-refractivity contribution in [1.29, 1.82) is 0 Å². The number of amides is 1. The second kappa shape index (κ2) is 9.90. The number of carbonyl (C=O) groups is 1. The molecule has 0 bridgehead atoms. The molecule has 2 N–H and O–H groups in total. The van der Waals surface area contributed by atoms with Crippen molar-refractivity contribution >= 4 is 29.0 Å². The van der Waals surface area contributed by atoms with Crippen LogP contribution in [0.3, 0.4) is 0 Å². The Morgan fingerprint density at radius 3 is 3.05 bits per heavy atom. The van der Waals surface area contributed by atoms with Gasteiger partial charge in [-0.15, -0.1) is 11.3 Å². The van der Waals surface area contributed by atoms with Crippen molar-refractivity contribution in [2.24, 2.45) is 0 Å². The highest BCUT2D eigenvalue weighted by molar-refractivity contribution is 7.98. The van der Waals surface area contributed by atoms with E-state index in [-0.39, 0.29) is 12.5 Å². The molecular formula is C14H19NO2S2. The fourth-order valence-corrected chi connectivity index (χ4v) is 2.75. The number of aliphatic hydroxyl groups is 1. The van der Waals surface area contributed by atoms with Gasteiger partial charge in [0.2, 0.25) is 0 Å². The van der Waals surface area contributed by atoms with Crippen LogP contribution in [-0.2, 0) is 0 Å². The van der Waals surface area contributed by atoms with Crippen LogP contribution in [0.5, 0.6) is 0 Å². The highest BCUT2D eigenvalue weighted by atomic mass is 32.2. The predicted molar refractivity (Wildman–Crippen MR) is 82.8 cm³/mol. The van der Waals surface area contributed by atoms with Crippen molar-refractivity contribution in [3.8, 4) is 11.8 Å². The first-order valence-corrected chi connectivity index (χ1v) is 8.50. The van der Waals surface area contributed by atoms with Gasteiger partial charge in [0.1, 0.15) is 6.61 Å². The zero-order chi connectivity index (χ0) is 13.9. The molecule has 104 valence electrons. The van der Waals surface area contributed by atoms with E-state index in [4.69, 9.17) is 5.11 Å². The van der Waals surface area contributed by atoms with E-state index in [2.05, 4.69) is 23.4 Å². The summed E-state index contributed by atoms with van der Waals surface area (Å²) in [5.41, 5.74) is 0.649. The predicted octanol–water partition coefficient (Wildman–Crippen LogP) is 2.36. The quantitative estimate of drug-likeness (QED) is 0.600. The number of carbonyl (C=O) groups excluding carboxylic acids is 1. The van der Waals surface area contributed by atoms with Crippen LogP contribution < -0.4 is 5.32 Å². The molecule has 0 saturated heterocycles. The van der Waals surface area contributed by atoms with E-state index in [1.165, 1.54) is 23.5 Å². The summed E-state index contributed by atoms with van der Waals surface area (Å²) in [6.07, 6.45) is 5.48. The molecule has 1 aromatic heterocycles. The van der Waals surface area contributed by atoms with E-state index < -0.39 is 0 Å². The smallest absolute Gasteiger partial charge is 0.252 e. The molecule has 3 nitrogen and oxygen atoms in total. The normalized spacial score (nSPS) is 9.79. The van der Waals surface area contributed by atoms with Crippen LogP contribution >= 0.6 is 23.1 Å². The Bertz CT molecular complexity index is 446. The summed E-state index contributed by atoms with van der Waals surface area (Å²) >= 11 is 3.28. The lowest BCUT2D eigenvalue weighted by Gasteiger charge is -2.03. The number of hydrogen-bond acceptors (Lipinski definition) is 4. The van der Waals surface area contributed by atoms with Crippen molar-refractivity contribution < 1.29 is 9.90 Å². The zero-order valence-electron chi connectivity index (χ0n) is 11.1. The summed E-state index contributed by atoms with van der Waals surface area (Å²) in [4.78, 5) is 12.6. The van der Waals surface area contributed by atoms with Gasteiger partial charge < -0.3 is 10.4 Å². The second-order valence-corrected chi connectivity index (χ2v) is 5.87. The average Bonchev–Trinajstić information content (AvgIpc) is 2.89. The highest BCUT2D eigenvalue weighted by Crippen LogP contribution is 2.13. The van der Waals surface area contributed by atoms with Gasteiger partial charge in [0.05, 0.1) is 10.4 Å². The maximum atomic E-state index is 11.8. The SMILES string of the molecule is CSCCCCCNC(=O)c1csc(C#CCO)c1. The van der Waals surface area contributed by atoms with Gasteiger partial charge in [0.15, 0.2) is 0 Å². The maximum absolute atomic E-state index is 11.8. The van der Waals surface area contributed by atoms with Crippen LogP contribution in [-0.4, -0.2) is 36.2 Å². The number of rotatable bonds is 7. The molecule has 19 heavy (non-hydrogen) atoms. The maximum Gasteiger partial charge on any atom is 0.252 e. The molecule has 0 spiro atoms. The summed E-state index contributed by atoms with van der Waals surface area (Å²) in [7, 11) is 0. The number of thioether (sulfide) groups is 1. The third-order valence-corrected chi connectivity index (χ3v) is 4.01. The summed E-state index contributed by atoms with van der Waals surface area (Å²) < 4.78 is 0. The topological polar surface area (TPSA) is 49.3 Å². The lowest BCUT2D eigenvalue weighted by molar-refractivity contribution is 0.0953. The molecule has 0 aliphatic heterocycles. The molecule has 1 amide bonds. The molecule has 5 heteroatoms.